The van der Waals surface area contributed by atoms with Crippen molar-refractivity contribution in [2.75, 3.05) is 0 Å². The smallest absolute Gasteiger partial charge is 0.305 e. The summed E-state index contributed by atoms with van der Waals surface area (Å²) in [6.07, 6.45) is 0.366. The Morgan fingerprint density at radius 1 is 1.44 bits per heavy atom. The molecule has 0 spiro atoms. The summed E-state index contributed by atoms with van der Waals surface area (Å²) in [6, 6.07) is 5.26. The summed E-state index contributed by atoms with van der Waals surface area (Å²) in [5.74, 6) is 0.284. The van der Waals surface area contributed by atoms with Crippen LogP contribution in [0.15, 0.2) is 18.2 Å². The highest BCUT2D eigenvalue weighted by molar-refractivity contribution is 5.68. The molecule has 0 N–H and O–H groups in total. The van der Waals surface area contributed by atoms with Gasteiger partial charge in [0.1, 0.15) is 12.4 Å². The molecule has 0 atom stereocenters. The molecule has 0 heterocycles. The van der Waals surface area contributed by atoms with Crippen molar-refractivity contribution in [2.24, 2.45) is 0 Å². The Balaban J connectivity index is 2.66. The Kier molecular flexibility index (Phi) is 4.51. The van der Waals surface area contributed by atoms with E-state index >= 15 is 0 Å². The van der Waals surface area contributed by atoms with Gasteiger partial charge >= 0.3 is 5.97 Å². The van der Waals surface area contributed by atoms with Crippen LogP contribution < -0.4 is 4.74 Å². The lowest BCUT2D eigenvalue weighted by Crippen LogP contribution is -2.02. The Bertz CT molecular complexity index is 385. The van der Waals surface area contributed by atoms with E-state index in [0.29, 0.717) is 18.6 Å². The number of esters is 1. The molecule has 0 aliphatic rings. The second kappa shape index (κ2) is 5.90. The molecule has 16 heavy (non-hydrogen) atoms. The molecule has 0 unspecified atom stereocenters. The number of benzene rings is 1. The molecule has 0 saturated carbocycles. The van der Waals surface area contributed by atoms with Crippen LogP contribution in [0.2, 0.25) is 0 Å². The molecule has 0 bridgehead atoms. The third kappa shape index (κ3) is 3.38. The van der Waals surface area contributed by atoms with Crippen LogP contribution in [0.3, 0.4) is 0 Å². The van der Waals surface area contributed by atoms with Crippen LogP contribution in [-0.4, -0.2) is 12.4 Å². The fraction of sp³-hybridized carbons (Fsp3) is 0.333. The lowest BCUT2D eigenvalue weighted by atomic mass is 10.1. The average Bonchev–Trinajstić information content (AvgIpc) is 2.29. The minimum atomic E-state index is -0.231. The minimum absolute atomic E-state index is 0.231. The normalized spacial score (nSPS) is 9.62. The highest BCUT2D eigenvalue weighted by Gasteiger charge is 2.03. The van der Waals surface area contributed by atoms with E-state index in [0.717, 1.165) is 11.1 Å². The third-order valence-corrected chi connectivity index (χ3v) is 2.10. The van der Waals surface area contributed by atoms with Gasteiger partial charge in [-0.1, -0.05) is 13.0 Å². The first-order valence-electron chi connectivity index (χ1n) is 5.02. The second-order valence-electron chi connectivity index (χ2n) is 3.33. The van der Waals surface area contributed by atoms with Crippen molar-refractivity contribution in [1.29, 1.82) is 0 Å². The number of ether oxygens (including phenoxy) is 2. The Morgan fingerprint density at radius 2 is 2.19 bits per heavy atom. The Labute approximate surface area is 94.2 Å². The van der Waals surface area contributed by atoms with Crippen LogP contribution >= 0.6 is 0 Å². The van der Waals surface area contributed by atoms with E-state index in [4.69, 9.17) is 9.47 Å². The summed E-state index contributed by atoms with van der Waals surface area (Å²) in [5.41, 5.74) is 1.70. The number of hydrogen-bond acceptors (Lipinski definition) is 4. The van der Waals surface area contributed by atoms with E-state index in [1.807, 2.05) is 13.0 Å². The van der Waals surface area contributed by atoms with Crippen molar-refractivity contribution in [3.8, 4) is 5.75 Å². The Hall–Kier alpha value is -1.84. The van der Waals surface area contributed by atoms with E-state index in [1.54, 1.807) is 19.1 Å². The highest BCUT2D eigenvalue weighted by atomic mass is 16.5. The van der Waals surface area contributed by atoms with Crippen molar-refractivity contribution < 1.29 is 19.1 Å². The van der Waals surface area contributed by atoms with Gasteiger partial charge in [0.25, 0.3) is 6.47 Å². The highest BCUT2D eigenvalue weighted by Crippen LogP contribution is 2.19. The average molecular weight is 222 g/mol. The summed E-state index contributed by atoms with van der Waals surface area (Å²) < 4.78 is 9.73. The number of aryl methyl sites for hydroxylation is 1. The molecular formula is C12H14O4. The van der Waals surface area contributed by atoms with Crippen molar-refractivity contribution in [1.82, 2.24) is 0 Å². The predicted octanol–water partition coefficient (Wildman–Crippen LogP) is 1.98. The molecular weight excluding hydrogens is 208 g/mol. The molecule has 86 valence electrons. The summed E-state index contributed by atoms with van der Waals surface area (Å²) in [5, 5.41) is 0. The molecule has 0 radical (unpaired) electrons. The van der Waals surface area contributed by atoms with Crippen molar-refractivity contribution >= 4 is 12.4 Å². The third-order valence-electron chi connectivity index (χ3n) is 2.10. The fourth-order valence-corrected chi connectivity index (χ4v) is 1.25. The van der Waals surface area contributed by atoms with Crippen LogP contribution in [0, 0.1) is 6.92 Å². The molecule has 4 heteroatoms. The first-order chi connectivity index (χ1) is 7.67. The number of hydrogen-bond donors (Lipinski definition) is 0. The molecule has 4 nitrogen and oxygen atoms in total. The van der Waals surface area contributed by atoms with Crippen molar-refractivity contribution in [2.45, 2.75) is 26.9 Å². The summed E-state index contributed by atoms with van der Waals surface area (Å²) in [4.78, 5) is 21.1. The molecule has 0 fully saturated rings. The monoisotopic (exact) mass is 222 g/mol. The lowest BCUT2D eigenvalue weighted by Gasteiger charge is -2.07. The van der Waals surface area contributed by atoms with Crippen LogP contribution in [0.1, 0.15) is 24.5 Å². The fourth-order valence-electron chi connectivity index (χ4n) is 1.25. The maximum absolute atomic E-state index is 10.9. The molecule has 1 aromatic rings. The second-order valence-corrected chi connectivity index (χ2v) is 3.33. The quantitative estimate of drug-likeness (QED) is 0.564. The molecule has 1 aromatic carbocycles. The first-order valence-corrected chi connectivity index (χ1v) is 5.02. The summed E-state index contributed by atoms with van der Waals surface area (Å²) >= 11 is 0. The maximum atomic E-state index is 10.9. The SMILES string of the molecule is CCC(=O)OCc1ccc(OC=O)c(C)c1. The van der Waals surface area contributed by atoms with Gasteiger partial charge < -0.3 is 9.47 Å². The maximum Gasteiger partial charge on any atom is 0.305 e. The van der Waals surface area contributed by atoms with Crippen molar-refractivity contribution in [3.05, 3.63) is 29.3 Å². The molecule has 0 aliphatic carbocycles. The molecule has 0 aromatic heterocycles. The predicted molar refractivity (Wildman–Crippen MR) is 58.0 cm³/mol. The topological polar surface area (TPSA) is 52.6 Å². The van der Waals surface area contributed by atoms with Crippen LogP contribution in [-0.2, 0) is 20.9 Å². The standard InChI is InChI=1S/C12H14O4/c1-3-12(14)15-7-10-4-5-11(16-8-13)9(2)6-10/h4-6,8H,3,7H2,1-2H3. The van der Waals surface area contributed by atoms with Gasteiger partial charge in [-0.15, -0.1) is 0 Å². The molecule has 0 saturated heterocycles. The van der Waals surface area contributed by atoms with Crippen molar-refractivity contribution in [3.63, 3.8) is 0 Å². The van der Waals surface area contributed by atoms with Gasteiger partial charge in [0, 0.05) is 6.42 Å². The first kappa shape index (κ1) is 12.2. The van der Waals surface area contributed by atoms with Gasteiger partial charge in [-0.05, 0) is 30.2 Å². The van der Waals surface area contributed by atoms with Gasteiger partial charge in [-0.2, -0.15) is 0 Å². The van der Waals surface area contributed by atoms with Crippen LogP contribution in [0.25, 0.3) is 0 Å². The zero-order valence-corrected chi connectivity index (χ0v) is 9.36. The van der Waals surface area contributed by atoms with Crippen LogP contribution in [0.4, 0.5) is 0 Å². The zero-order valence-electron chi connectivity index (χ0n) is 9.36. The van der Waals surface area contributed by atoms with Gasteiger partial charge in [0.2, 0.25) is 0 Å². The summed E-state index contributed by atoms with van der Waals surface area (Å²) in [6.45, 7) is 4.20. The molecule has 1 rings (SSSR count). The zero-order chi connectivity index (χ0) is 12.0. The van der Waals surface area contributed by atoms with Crippen LogP contribution in [0.5, 0.6) is 5.75 Å². The van der Waals surface area contributed by atoms with E-state index in [9.17, 15) is 9.59 Å². The number of carbonyl (C=O) groups excluding carboxylic acids is 2. The number of rotatable bonds is 5. The van der Waals surface area contributed by atoms with E-state index < -0.39 is 0 Å². The van der Waals surface area contributed by atoms with E-state index in [2.05, 4.69) is 0 Å². The largest absolute Gasteiger partial charge is 0.461 e. The van der Waals surface area contributed by atoms with E-state index in [-0.39, 0.29) is 12.6 Å². The molecule has 0 amide bonds. The van der Waals surface area contributed by atoms with E-state index in [1.165, 1.54) is 0 Å². The summed E-state index contributed by atoms with van der Waals surface area (Å²) in [7, 11) is 0. The number of carbonyl (C=O) groups is 2. The Morgan fingerprint density at radius 3 is 2.75 bits per heavy atom. The minimum Gasteiger partial charge on any atom is -0.461 e. The van der Waals surface area contributed by atoms with Gasteiger partial charge in [-0.25, -0.2) is 0 Å². The lowest BCUT2D eigenvalue weighted by molar-refractivity contribution is -0.144. The van der Waals surface area contributed by atoms with Gasteiger partial charge in [-0.3, -0.25) is 9.59 Å². The van der Waals surface area contributed by atoms with Gasteiger partial charge in [0.05, 0.1) is 0 Å². The van der Waals surface area contributed by atoms with Gasteiger partial charge in [0.15, 0.2) is 0 Å². The molecule has 0 aliphatic heterocycles.